The van der Waals surface area contributed by atoms with Crippen LogP contribution in [0.4, 0.5) is 0 Å². The summed E-state index contributed by atoms with van der Waals surface area (Å²) in [7, 11) is 0. The van der Waals surface area contributed by atoms with Gasteiger partial charge >= 0.3 is 0 Å². The van der Waals surface area contributed by atoms with Gasteiger partial charge in [0.2, 0.25) is 0 Å². The first kappa shape index (κ1) is 9.27. The van der Waals surface area contributed by atoms with Gasteiger partial charge in [-0.1, -0.05) is 30.3 Å². The minimum Gasteiger partial charge on any atom is -0.328 e. The van der Waals surface area contributed by atoms with Gasteiger partial charge in [0.25, 0.3) is 0 Å². The molecule has 0 saturated heterocycles. The molecule has 0 spiro atoms. The monoisotopic (exact) mass is 163 g/mol. The highest BCUT2D eigenvalue weighted by molar-refractivity contribution is 5.14. The smallest absolute Gasteiger partial charge is 0.00105 e. The number of rotatable bonds is 4. The van der Waals surface area contributed by atoms with Crippen molar-refractivity contribution < 1.29 is 0 Å². The molecule has 1 heteroatoms. The van der Waals surface area contributed by atoms with Crippen molar-refractivity contribution in [2.75, 3.05) is 0 Å². The molecule has 1 atom stereocenters. The Hall–Kier alpha value is -0.820. The first-order valence-electron chi connectivity index (χ1n) is 4.58. The van der Waals surface area contributed by atoms with Crippen molar-refractivity contribution in [2.45, 2.75) is 32.2 Å². The number of aryl methyl sites for hydroxylation is 1. The molecule has 0 aliphatic carbocycles. The van der Waals surface area contributed by atoms with Crippen molar-refractivity contribution >= 4 is 0 Å². The molecule has 0 heterocycles. The molecule has 2 N–H and O–H groups in total. The molecule has 12 heavy (non-hydrogen) atoms. The lowest BCUT2D eigenvalue weighted by molar-refractivity contribution is 0.624. The Morgan fingerprint density at radius 1 is 1.25 bits per heavy atom. The van der Waals surface area contributed by atoms with E-state index in [1.54, 1.807) is 0 Å². The van der Waals surface area contributed by atoms with Crippen LogP contribution in [0.15, 0.2) is 30.3 Å². The molecule has 0 saturated carbocycles. The highest BCUT2D eigenvalue weighted by Crippen LogP contribution is 2.05. The van der Waals surface area contributed by atoms with Crippen molar-refractivity contribution in [3.63, 3.8) is 0 Å². The van der Waals surface area contributed by atoms with E-state index in [0.29, 0.717) is 6.04 Å². The van der Waals surface area contributed by atoms with Crippen LogP contribution in [-0.2, 0) is 6.42 Å². The van der Waals surface area contributed by atoms with E-state index in [-0.39, 0.29) is 0 Å². The number of hydrogen-bond donors (Lipinski definition) is 1. The molecule has 0 aromatic heterocycles. The van der Waals surface area contributed by atoms with Crippen LogP contribution in [0, 0.1) is 0 Å². The van der Waals surface area contributed by atoms with Gasteiger partial charge in [-0.2, -0.15) is 0 Å². The molecule has 1 aromatic rings. The maximum Gasteiger partial charge on any atom is 0.00105 e. The summed E-state index contributed by atoms with van der Waals surface area (Å²) in [5.41, 5.74) is 7.07. The summed E-state index contributed by atoms with van der Waals surface area (Å²) in [4.78, 5) is 0. The third-order valence-corrected chi connectivity index (χ3v) is 1.97. The van der Waals surface area contributed by atoms with Crippen LogP contribution in [0.1, 0.15) is 25.3 Å². The predicted octanol–water partition coefficient (Wildman–Crippen LogP) is 2.36. The van der Waals surface area contributed by atoms with E-state index in [1.807, 2.05) is 0 Å². The maximum absolute atomic E-state index is 5.66. The summed E-state index contributed by atoms with van der Waals surface area (Å²) in [6.07, 6.45) is 3.47. The van der Waals surface area contributed by atoms with Gasteiger partial charge in [0.15, 0.2) is 0 Å². The fourth-order valence-corrected chi connectivity index (χ4v) is 1.27. The first-order chi connectivity index (χ1) is 5.79. The summed E-state index contributed by atoms with van der Waals surface area (Å²) in [5.74, 6) is 0. The van der Waals surface area contributed by atoms with Gasteiger partial charge in [-0.15, -0.1) is 0 Å². The second-order valence-electron chi connectivity index (χ2n) is 3.36. The Labute approximate surface area is 74.6 Å². The van der Waals surface area contributed by atoms with E-state index in [4.69, 9.17) is 5.73 Å². The Balaban J connectivity index is 2.25. The van der Waals surface area contributed by atoms with Gasteiger partial charge in [-0.25, -0.2) is 0 Å². The molecule has 0 bridgehead atoms. The van der Waals surface area contributed by atoms with Crippen LogP contribution in [-0.4, -0.2) is 6.04 Å². The topological polar surface area (TPSA) is 26.0 Å². The number of hydrogen-bond acceptors (Lipinski definition) is 1. The highest BCUT2D eigenvalue weighted by atomic mass is 14.6. The standard InChI is InChI=1S/C11H17N/c1-10(12)6-5-9-11-7-3-2-4-8-11/h2-4,7-8,10H,5-6,9,12H2,1H3/t10-/m0/s1. The van der Waals surface area contributed by atoms with Gasteiger partial charge in [0.1, 0.15) is 0 Å². The quantitative estimate of drug-likeness (QED) is 0.724. The summed E-state index contributed by atoms with van der Waals surface area (Å²) >= 11 is 0. The summed E-state index contributed by atoms with van der Waals surface area (Å²) < 4.78 is 0. The van der Waals surface area contributed by atoms with Crippen molar-refractivity contribution in [2.24, 2.45) is 5.73 Å². The van der Waals surface area contributed by atoms with Crippen molar-refractivity contribution in [1.29, 1.82) is 0 Å². The van der Waals surface area contributed by atoms with Gasteiger partial charge < -0.3 is 5.73 Å². The molecule has 0 radical (unpaired) electrons. The molecule has 0 unspecified atom stereocenters. The van der Waals surface area contributed by atoms with Gasteiger partial charge in [0.05, 0.1) is 0 Å². The average molecular weight is 163 g/mol. The summed E-state index contributed by atoms with van der Waals surface area (Å²) in [6.45, 7) is 2.06. The lowest BCUT2D eigenvalue weighted by Crippen LogP contribution is -2.14. The van der Waals surface area contributed by atoms with Crippen LogP contribution >= 0.6 is 0 Å². The Bertz CT molecular complexity index is 204. The van der Waals surface area contributed by atoms with Crippen LogP contribution in [0.2, 0.25) is 0 Å². The molecule has 1 aromatic carbocycles. The highest BCUT2D eigenvalue weighted by Gasteiger charge is 1.94. The molecule has 1 nitrogen and oxygen atoms in total. The zero-order valence-electron chi connectivity index (χ0n) is 7.66. The van der Waals surface area contributed by atoms with Crippen molar-refractivity contribution in [1.82, 2.24) is 0 Å². The minimum atomic E-state index is 0.341. The van der Waals surface area contributed by atoms with Crippen LogP contribution in [0.3, 0.4) is 0 Å². The Morgan fingerprint density at radius 2 is 1.92 bits per heavy atom. The minimum absolute atomic E-state index is 0.341. The fourth-order valence-electron chi connectivity index (χ4n) is 1.27. The van der Waals surface area contributed by atoms with Gasteiger partial charge in [0, 0.05) is 6.04 Å². The van der Waals surface area contributed by atoms with E-state index < -0.39 is 0 Å². The average Bonchev–Trinajstić information content (AvgIpc) is 2.05. The largest absolute Gasteiger partial charge is 0.328 e. The number of nitrogens with two attached hydrogens (primary N) is 1. The molecule has 0 fully saturated rings. The Morgan fingerprint density at radius 3 is 2.50 bits per heavy atom. The SMILES string of the molecule is C[C@H](N)CCCc1ccccc1. The fraction of sp³-hybridized carbons (Fsp3) is 0.455. The second-order valence-corrected chi connectivity index (χ2v) is 3.36. The Kier molecular flexibility index (Phi) is 3.81. The predicted molar refractivity (Wildman–Crippen MR) is 53.0 cm³/mol. The number of benzene rings is 1. The lowest BCUT2D eigenvalue weighted by Gasteiger charge is -2.03. The van der Waals surface area contributed by atoms with E-state index in [0.717, 1.165) is 12.8 Å². The van der Waals surface area contributed by atoms with Gasteiger partial charge in [-0.05, 0) is 31.7 Å². The zero-order chi connectivity index (χ0) is 8.81. The van der Waals surface area contributed by atoms with E-state index in [9.17, 15) is 0 Å². The first-order valence-corrected chi connectivity index (χ1v) is 4.58. The molecule has 0 aliphatic heterocycles. The molecule has 1 rings (SSSR count). The zero-order valence-corrected chi connectivity index (χ0v) is 7.66. The molecular weight excluding hydrogens is 146 g/mol. The van der Waals surface area contributed by atoms with E-state index in [1.165, 1.54) is 12.0 Å². The lowest BCUT2D eigenvalue weighted by atomic mass is 10.1. The van der Waals surface area contributed by atoms with Gasteiger partial charge in [-0.3, -0.25) is 0 Å². The van der Waals surface area contributed by atoms with E-state index in [2.05, 4.69) is 37.3 Å². The molecule has 0 aliphatic rings. The van der Waals surface area contributed by atoms with Crippen molar-refractivity contribution in [3.8, 4) is 0 Å². The third-order valence-electron chi connectivity index (χ3n) is 1.97. The summed E-state index contributed by atoms with van der Waals surface area (Å²) in [5, 5.41) is 0. The molecule has 66 valence electrons. The summed E-state index contributed by atoms with van der Waals surface area (Å²) in [6, 6.07) is 10.9. The van der Waals surface area contributed by atoms with Crippen LogP contribution in [0.5, 0.6) is 0 Å². The maximum atomic E-state index is 5.66. The molecule has 0 amide bonds. The van der Waals surface area contributed by atoms with Crippen LogP contribution in [0.25, 0.3) is 0 Å². The van der Waals surface area contributed by atoms with E-state index >= 15 is 0 Å². The second kappa shape index (κ2) is 4.94. The third kappa shape index (κ3) is 3.54. The van der Waals surface area contributed by atoms with Crippen molar-refractivity contribution in [3.05, 3.63) is 35.9 Å². The normalized spacial score (nSPS) is 12.8. The van der Waals surface area contributed by atoms with Crippen LogP contribution < -0.4 is 5.73 Å². The molecular formula is C11H17N.